The molecule has 2 atom stereocenters. The molecule has 7 heteroatoms. The number of nitrogens with one attached hydrogen (secondary N) is 2. The Bertz CT molecular complexity index is 1630. The Balaban J connectivity index is 1.30. The Morgan fingerprint density at radius 2 is 1.69 bits per heavy atom. The first kappa shape index (κ1) is 24.8. The highest BCUT2D eigenvalue weighted by molar-refractivity contribution is 7.80. The number of aromatic nitrogens is 2. The fourth-order valence-electron chi connectivity index (χ4n) is 5.46. The van der Waals surface area contributed by atoms with Crippen molar-refractivity contribution in [2.75, 3.05) is 11.9 Å². The van der Waals surface area contributed by atoms with Crippen molar-refractivity contribution in [1.82, 2.24) is 19.8 Å². The van der Waals surface area contributed by atoms with E-state index >= 15 is 0 Å². The molecule has 2 N–H and O–H groups in total. The number of thiocarbonyl (C=S) groups is 1. The minimum absolute atomic E-state index is 0.0520. The second-order valence-corrected chi connectivity index (χ2v) is 10.1. The molecule has 1 saturated heterocycles. The molecule has 194 valence electrons. The van der Waals surface area contributed by atoms with E-state index in [0.29, 0.717) is 18.1 Å². The summed E-state index contributed by atoms with van der Waals surface area (Å²) in [5, 5.41) is 9.35. The van der Waals surface area contributed by atoms with E-state index in [1.165, 1.54) is 0 Å². The molecule has 0 bridgehead atoms. The third-order valence-electron chi connectivity index (χ3n) is 7.26. The zero-order valence-electron chi connectivity index (χ0n) is 21.6. The van der Waals surface area contributed by atoms with Crippen LogP contribution in [0.5, 0.6) is 0 Å². The molecule has 5 aromatic rings. The SMILES string of the molecule is Cc1ccc(C2C(c3ccccn3)NC(=S)N2CCC(=O)Nc2cccc3ccccc23)n1-c1ccccc1. The third kappa shape index (κ3) is 4.89. The summed E-state index contributed by atoms with van der Waals surface area (Å²) in [6.45, 7) is 2.57. The zero-order chi connectivity index (χ0) is 26.8. The molecule has 1 fully saturated rings. The number of hydrogen-bond acceptors (Lipinski definition) is 3. The second-order valence-electron chi connectivity index (χ2n) is 9.72. The summed E-state index contributed by atoms with van der Waals surface area (Å²) in [4.78, 5) is 20.0. The van der Waals surface area contributed by atoms with Crippen molar-refractivity contribution in [1.29, 1.82) is 0 Å². The van der Waals surface area contributed by atoms with Gasteiger partial charge in [0.25, 0.3) is 0 Å². The number of nitrogens with zero attached hydrogens (tertiary/aromatic N) is 3. The van der Waals surface area contributed by atoms with Gasteiger partial charge in [-0.1, -0.05) is 60.7 Å². The fraction of sp³-hybridized carbons (Fsp3) is 0.156. The van der Waals surface area contributed by atoms with Crippen LogP contribution in [0.4, 0.5) is 5.69 Å². The van der Waals surface area contributed by atoms with Gasteiger partial charge in [0, 0.05) is 47.3 Å². The largest absolute Gasteiger partial charge is 0.352 e. The summed E-state index contributed by atoms with van der Waals surface area (Å²) in [6, 6.07) is 34.2. The molecule has 1 amide bonds. The van der Waals surface area contributed by atoms with Gasteiger partial charge in [-0.2, -0.15) is 0 Å². The molecule has 1 aliphatic heterocycles. The van der Waals surface area contributed by atoms with Gasteiger partial charge in [-0.3, -0.25) is 9.78 Å². The lowest BCUT2D eigenvalue weighted by molar-refractivity contribution is -0.116. The van der Waals surface area contributed by atoms with E-state index < -0.39 is 0 Å². The van der Waals surface area contributed by atoms with Crippen molar-refractivity contribution < 1.29 is 4.79 Å². The summed E-state index contributed by atoms with van der Waals surface area (Å²) < 4.78 is 2.26. The molecule has 39 heavy (non-hydrogen) atoms. The topological polar surface area (TPSA) is 62.2 Å². The molecular weight excluding hydrogens is 502 g/mol. The minimum Gasteiger partial charge on any atom is -0.352 e. The van der Waals surface area contributed by atoms with Crippen LogP contribution < -0.4 is 10.6 Å². The first-order valence-corrected chi connectivity index (χ1v) is 13.5. The van der Waals surface area contributed by atoms with Crippen molar-refractivity contribution >= 4 is 39.7 Å². The molecule has 6 nitrogen and oxygen atoms in total. The number of para-hydroxylation sites is 1. The maximum absolute atomic E-state index is 13.2. The lowest BCUT2D eigenvalue weighted by atomic mass is 10.0. The van der Waals surface area contributed by atoms with Crippen LogP contribution in [-0.4, -0.2) is 32.0 Å². The summed E-state index contributed by atoms with van der Waals surface area (Å²) in [7, 11) is 0. The molecule has 1 aliphatic rings. The predicted molar refractivity (Wildman–Crippen MR) is 160 cm³/mol. The second kappa shape index (κ2) is 10.7. The quantitative estimate of drug-likeness (QED) is 0.240. The van der Waals surface area contributed by atoms with Crippen molar-refractivity contribution in [3.63, 3.8) is 0 Å². The van der Waals surface area contributed by atoms with E-state index in [0.717, 1.165) is 39.2 Å². The number of pyridine rings is 1. The molecule has 0 aliphatic carbocycles. The number of fused-ring (bicyclic) bond motifs is 1. The van der Waals surface area contributed by atoms with Crippen molar-refractivity contribution in [2.45, 2.75) is 25.4 Å². The minimum atomic E-state index is -0.156. The van der Waals surface area contributed by atoms with Gasteiger partial charge in [-0.05, 0) is 67.0 Å². The van der Waals surface area contributed by atoms with Gasteiger partial charge in [0.2, 0.25) is 5.91 Å². The summed E-state index contributed by atoms with van der Waals surface area (Å²) in [5.74, 6) is -0.0520. The Hall–Kier alpha value is -4.49. The van der Waals surface area contributed by atoms with Gasteiger partial charge in [-0.25, -0.2) is 0 Å². The lowest BCUT2D eigenvalue weighted by Crippen LogP contribution is -2.33. The summed E-state index contributed by atoms with van der Waals surface area (Å²) in [5.41, 5.74) is 5.03. The van der Waals surface area contributed by atoms with Gasteiger partial charge in [0.15, 0.2) is 5.11 Å². The van der Waals surface area contributed by atoms with E-state index in [-0.39, 0.29) is 18.0 Å². The highest BCUT2D eigenvalue weighted by Crippen LogP contribution is 2.40. The monoisotopic (exact) mass is 531 g/mol. The molecule has 2 unspecified atom stereocenters. The van der Waals surface area contributed by atoms with Gasteiger partial charge in [0.05, 0.1) is 17.8 Å². The lowest BCUT2D eigenvalue weighted by Gasteiger charge is -2.29. The Morgan fingerprint density at radius 1 is 0.923 bits per heavy atom. The molecular formula is C32H29N5OS. The van der Waals surface area contributed by atoms with E-state index in [9.17, 15) is 4.79 Å². The number of anilines is 1. The van der Waals surface area contributed by atoms with Gasteiger partial charge in [0.1, 0.15) is 0 Å². The number of hydrogen-bond donors (Lipinski definition) is 2. The van der Waals surface area contributed by atoms with Crippen LogP contribution in [0.3, 0.4) is 0 Å². The summed E-state index contributed by atoms with van der Waals surface area (Å²) in [6.07, 6.45) is 2.10. The number of rotatable bonds is 7. The third-order valence-corrected chi connectivity index (χ3v) is 7.62. The van der Waals surface area contributed by atoms with Crippen LogP contribution in [0.15, 0.2) is 109 Å². The average molecular weight is 532 g/mol. The first-order chi connectivity index (χ1) is 19.1. The van der Waals surface area contributed by atoms with E-state index in [2.05, 4.69) is 56.3 Å². The van der Waals surface area contributed by atoms with Crippen LogP contribution in [0, 0.1) is 6.92 Å². The Labute approximate surface area is 233 Å². The van der Waals surface area contributed by atoms with Crippen LogP contribution in [-0.2, 0) is 4.79 Å². The number of carbonyl (C=O) groups excluding carboxylic acids is 1. The van der Waals surface area contributed by atoms with Gasteiger partial charge in [-0.15, -0.1) is 0 Å². The van der Waals surface area contributed by atoms with Crippen molar-refractivity contribution in [2.24, 2.45) is 0 Å². The van der Waals surface area contributed by atoms with Crippen molar-refractivity contribution in [3.05, 3.63) is 126 Å². The molecule has 6 rings (SSSR count). The zero-order valence-corrected chi connectivity index (χ0v) is 22.4. The fourth-order valence-corrected chi connectivity index (χ4v) is 5.79. The normalized spacial score (nSPS) is 16.8. The molecule has 2 aromatic heterocycles. The van der Waals surface area contributed by atoms with Crippen LogP contribution in [0.25, 0.3) is 16.5 Å². The molecule has 3 heterocycles. The highest BCUT2D eigenvalue weighted by Gasteiger charge is 2.41. The average Bonchev–Trinajstić information content (AvgIpc) is 3.51. The smallest absolute Gasteiger partial charge is 0.226 e. The standard InChI is InChI=1S/C32H29N5OS/c1-22-17-18-28(37(22)24-12-3-2-4-13-24)31-30(27-15-7-8-20-33-27)35-32(39)36(31)21-19-29(38)34-26-16-9-11-23-10-5-6-14-25(23)26/h2-18,20,30-31H,19,21H2,1H3,(H,34,38)(H,35,39). The molecule has 0 radical (unpaired) electrons. The van der Waals surface area contributed by atoms with Crippen LogP contribution in [0.2, 0.25) is 0 Å². The number of amides is 1. The Kier molecular flexibility index (Phi) is 6.82. The molecule has 3 aromatic carbocycles. The van der Waals surface area contributed by atoms with E-state index in [4.69, 9.17) is 12.2 Å². The van der Waals surface area contributed by atoms with Crippen molar-refractivity contribution in [3.8, 4) is 5.69 Å². The van der Waals surface area contributed by atoms with Gasteiger partial charge < -0.3 is 20.1 Å². The number of aryl methyl sites for hydroxylation is 1. The number of carbonyl (C=O) groups is 1. The molecule has 0 saturated carbocycles. The predicted octanol–water partition coefficient (Wildman–Crippen LogP) is 6.34. The first-order valence-electron chi connectivity index (χ1n) is 13.1. The summed E-state index contributed by atoms with van der Waals surface area (Å²) >= 11 is 5.85. The number of benzene rings is 3. The van der Waals surface area contributed by atoms with Crippen LogP contribution >= 0.6 is 12.2 Å². The van der Waals surface area contributed by atoms with Crippen LogP contribution in [0.1, 0.15) is 35.6 Å². The van der Waals surface area contributed by atoms with Gasteiger partial charge >= 0.3 is 0 Å². The maximum atomic E-state index is 13.2. The van der Waals surface area contributed by atoms with E-state index in [1.54, 1.807) is 6.20 Å². The highest BCUT2D eigenvalue weighted by atomic mass is 32.1. The van der Waals surface area contributed by atoms with E-state index in [1.807, 2.05) is 78.9 Å². The molecule has 0 spiro atoms. The maximum Gasteiger partial charge on any atom is 0.226 e. The Morgan fingerprint density at radius 3 is 2.51 bits per heavy atom.